The minimum Gasteiger partial charge on any atom is -0.353 e. The van der Waals surface area contributed by atoms with Gasteiger partial charge < -0.3 is 5.32 Å². The largest absolute Gasteiger partial charge is 0.353 e. The molecule has 0 saturated heterocycles. The summed E-state index contributed by atoms with van der Waals surface area (Å²) in [6, 6.07) is 28.2. The van der Waals surface area contributed by atoms with Crippen LogP contribution in [0.15, 0.2) is 91.0 Å². The van der Waals surface area contributed by atoms with Gasteiger partial charge in [0.2, 0.25) is 5.91 Å². The molecule has 0 fully saturated rings. The van der Waals surface area contributed by atoms with Gasteiger partial charge in [-0.1, -0.05) is 90.5 Å². The minimum absolute atomic E-state index is 0.116. The Kier molecular flexibility index (Phi) is 6.84. The lowest BCUT2D eigenvalue weighted by molar-refractivity contribution is -0.116. The number of carbonyl (C=O) groups is 1. The van der Waals surface area contributed by atoms with Crippen LogP contribution in [0.3, 0.4) is 0 Å². The van der Waals surface area contributed by atoms with Gasteiger partial charge in [0, 0.05) is 23.6 Å². The van der Waals surface area contributed by atoms with E-state index in [0.717, 1.165) is 12.0 Å². The first-order chi connectivity index (χ1) is 13.2. The van der Waals surface area contributed by atoms with E-state index in [-0.39, 0.29) is 11.8 Å². The highest BCUT2D eigenvalue weighted by molar-refractivity contribution is 6.32. The number of hydrogen-bond donors (Lipinski definition) is 1. The Hall–Kier alpha value is -2.84. The Morgan fingerprint density at radius 3 is 2.00 bits per heavy atom. The van der Waals surface area contributed by atoms with Crippen LogP contribution in [0.4, 0.5) is 0 Å². The fourth-order valence-corrected chi connectivity index (χ4v) is 3.27. The minimum atomic E-state index is -0.116. The molecule has 3 heteroatoms. The summed E-state index contributed by atoms with van der Waals surface area (Å²) >= 11 is 6.11. The van der Waals surface area contributed by atoms with Gasteiger partial charge in [0.05, 0.1) is 0 Å². The second-order valence-electron chi connectivity index (χ2n) is 6.31. The highest BCUT2D eigenvalue weighted by atomic mass is 35.5. The molecule has 0 atom stereocenters. The Balaban J connectivity index is 1.61. The van der Waals surface area contributed by atoms with Crippen molar-refractivity contribution in [3.05, 3.63) is 113 Å². The number of rotatable bonds is 7. The molecule has 136 valence electrons. The van der Waals surface area contributed by atoms with Gasteiger partial charge in [0.25, 0.3) is 0 Å². The lowest BCUT2D eigenvalue weighted by Gasteiger charge is -2.18. The van der Waals surface area contributed by atoms with Gasteiger partial charge in [0.1, 0.15) is 0 Å². The van der Waals surface area contributed by atoms with E-state index in [0.29, 0.717) is 11.6 Å². The topological polar surface area (TPSA) is 29.1 Å². The van der Waals surface area contributed by atoms with Gasteiger partial charge in [-0.15, -0.1) is 0 Å². The van der Waals surface area contributed by atoms with Gasteiger partial charge in [0.15, 0.2) is 0 Å². The Morgan fingerprint density at radius 1 is 0.852 bits per heavy atom. The van der Waals surface area contributed by atoms with Gasteiger partial charge in [-0.25, -0.2) is 0 Å². The van der Waals surface area contributed by atoms with Gasteiger partial charge >= 0.3 is 0 Å². The summed E-state index contributed by atoms with van der Waals surface area (Å²) < 4.78 is 0. The van der Waals surface area contributed by atoms with Crippen molar-refractivity contribution in [1.82, 2.24) is 5.32 Å². The summed E-state index contributed by atoms with van der Waals surface area (Å²) in [5.41, 5.74) is 3.34. The SMILES string of the molecule is O=C(/C=C/c1ccccc1Cl)NCCC(c1ccccc1)c1ccccc1. The Morgan fingerprint density at radius 2 is 1.41 bits per heavy atom. The van der Waals surface area contributed by atoms with Crippen molar-refractivity contribution in [2.75, 3.05) is 6.54 Å². The van der Waals surface area contributed by atoms with Crippen molar-refractivity contribution in [2.45, 2.75) is 12.3 Å². The second kappa shape index (κ2) is 9.75. The molecule has 27 heavy (non-hydrogen) atoms. The summed E-state index contributed by atoms with van der Waals surface area (Å²) in [6.45, 7) is 0.597. The standard InChI is InChI=1S/C24H22ClNO/c25-23-14-8-7-13-21(23)15-16-24(27)26-18-17-22(19-9-3-1-4-10-19)20-11-5-2-6-12-20/h1-16,22H,17-18H2,(H,26,27)/b16-15+. The molecule has 0 aromatic heterocycles. The molecule has 0 aliphatic carbocycles. The van der Waals surface area contributed by atoms with Crippen molar-refractivity contribution in [3.8, 4) is 0 Å². The molecule has 1 N–H and O–H groups in total. The highest BCUT2D eigenvalue weighted by Gasteiger charge is 2.13. The maximum atomic E-state index is 12.1. The summed E-state index contributed by atoms with van der Waals surface area (Å²) in [6.07, 6.45) is 4.10. The van der Waals surface area contributed by atoms with Crippen molar-refractivity contribution in [2.24, 2.45) is 0 Å². The Bertz CT molecular complexity index is 851. The van der Waals surface area contributed by atoms with Crippen molar-refractivity contribution >= 4 is 23.6 Å². The van der Waals surface area contributed by atoms with Crippen molar-refractivity contribution in [1.29, 1.82) is 0 Å². The quantitative estimate of drug-likeness (QED) is 0.528. The molecule has 0 saturated carbocycles. The monoisotopic (exact) mass is 375 g/mol. The van der Waals surface area contributed by atoms with Gasteiger partial charge in [-0.2, -0.15) is 0 Å². The van der Waals surface area contributed by atoms with E-state index in [2.05, 4.69) is 53.8 Å². The van der Waals surface area contributed by atoms with E-state index in [1.54, 1.807) is 6.08 Å². The molecule has 3 aromatic rings. The third kappa shape index (κ3) is 5.57. The molecule has 0 spiro atoms. The zero-order chi connectivity index (χ0) is 18.9. The van der Waals surface area contributed by atoms with Crippen LogP contribution < -0.4 is 5.32 Å². The third-order valence-electron chi connectivity index (χ3n) is 4.46. The van der Waals surface area contributed by atoms with Crippen LogP contribution in [-0.2, 0) is 4.79 Å². The molecular weight excluding hydrogens is 354 g/mol. The van der Waals surface area contributed by atoms with Crippen LogP contribution in [0.1, 0.15) is 29.0 Å². The zero-order valence-electron chi connectivity index (χ0n) is 15.0. The summed E-state index contributed by atoms with van der Waals surface area (Å²) in [5, 5.41) is 3.61. The normalized spacial score (nSPS) is 11.0. The van der Waals surface area contributed by atoms with Crippen molar-refractivity contribution < 1.29 is 4.79 Å². The number of halogens is 1. The molecule has 3 aromatic carbocycles. The van der Waals surface area contributed by atoms with E-state index >= 15 is 0 Å². The predicted octanol–water partition coefficient (Wildman–Crippen LogP) is 5.69. The number of benzene rings is 3. The van der Waals surface area contributed by atoms with E-state index in [1.165, 1.54) is 17.2 Å². The molecule has 0 aliphatic rings. The fourth-order valence-electron chi connectivity index (χ4n) is 3.07. The van der Waals surface area contributed by atoms with Crippen LogP contribution in [0.2, 0.25) is 5.02 Å². The van der Waals surface area contributed by atoms with E-state index in [1.807, 2.05) is 36.4 Å². The van der Waals surface area contributed by atoms with Crippen LogP contribution in [0, 0.1) is 0 Å². The molecule has 0 aliphatic heterocycles. The lowest BCUT2D eigenvalue weighted by Crippen LogP contribution is -2.23. The molecule has 1 amide bonds. The maximum absolute atomic E-state index is 12.1. The van der Waals surface area contributed by atoms with E-state index in [9.17, 15) is 4.79 Å². The second-order valence-corrected chi connectivity index (χ2v) is 6.72. The van der Waals surface area contributed by atoms with Crippen molar-refractivity contribution in [3.63, 3.8) is 0 Å². The van der Waals surface area contributed by atoms with Gasteiger partial charge in [-0.05, 0) is 35.3 Å². The maximum Gasteiger partial charge on any atom is 0.244 e. The van der Waals surface area contributed by atoms with E-state index < -0.39 is 0 Å². The molecule has 0 bridgehead atoms. The average molecular weight is 376 g/mol. The van der Waals surface area contributed by atoms with Crippen LogP contribution in [0.25, 0.3) is 6.08 Å². The first-order valence-corrected chi connectivity index (χ1v) is 9.42. The lowest BCUT2D eigenvalue weighted by atomic mass is 9.88. The van der Waals surface area contributed by atoms with Crippen LogP contribution in [0.5, 0.6) is 0 Å². The first-order valence-electron chi connectivity index (χ1n) is 9.04. The number of hydrogen-bond acceptors (Lipinski definition) is 1. The van der Waals surface area contributed by atoms with Crippen LogP contribution >= 0.6 is 11.6 Å². The molecular formula is C24H22ClNO. The predicted molar refractivity (Wildman–Crippen MR) is 113 cm³/mol. The van der Waals surface area contributed by atoms with Gasteiger partial charge in [-0.3, -0.25) is 4.79 Å². The van der Waals surface area contributed by atoms with Crippen LogP contribution in [-0.4, -0.2) is 12.5 Å². The molecule has 3 rings (SSSR count). The number of carbonyl (C=O) groups excluding carboxylic acids is 1. The third-order valence-corrected chi connectivity index (χ3v) is 4.80. The summed E-state index contributed by atoms with van der Waals surface area (Å²) in [7, 11) is 0. The molecule has 0 unspecified atom stereocenters. The summed E-state index contributed by atoms with van der Waals surface area (Å²) in [4.78, 5) is 12.1. The molecule has 0 heterocycles. The molecule has 0 radical (unpaired) electrons. The Labute approximate surface area is 165 Å². The average Bonchev–Trinajstić information content (AvgIpc) is 2.72. The zero-order valence-corrected chi connectivity index (χ0v) is 15.8. The smallest absolute Gasteiger partial charge is 0.244 e. The fraction of sp³-hybridized carbons (Fsp3) is 0.125. The molecule has 2 nitrogen and oxygen atoms in total. The highest BCUT2D eigenvalue weighted by Crippen LogP contribution is 2.27. The summed E-state index contributed by atoms with van der Waals surface area (Å²) in [5.74, 6) is 0.134. The first kappa shape index (κ1) is 18.9. The number of nitrogens with one attached hydrogen (secondary N) is 1. The van der Waals surface area contributed by atoms with E-state index in [4.69, 9.17) is 11.6 Å². The number of amides is 1.